The smallest absolute Gasteiger partial charge is 0.274 e. The minimum atomic E-state index is -0.922. The van der Waals surface area contributed by atoms with Crippen LogP contribution in [0.15, 0.2) is 45.6 Å². The van der Waals surface area contributed by atoms with Crippen molar-refractivity contribution in [3.8, 4) is 5.82 Å². The second-order valence-corrected chi connectivity index (χ2v) is 10.3. The molecule has 15 heteroatoms. The van der Waals surface area contributed by atoms with E-state index in [-0.39, 0.29) is 46.0 Å². The van der Waals surface area contributed by atoms with Crippen LogP contribution in [0.2, 0.25) is 10.0 Å². The van der Waals surface area contributed by atoms with Crippen molar-refractivity contribution in [3.05, 3.63) is 66.9 Å². The first-order chi connectivity index (χ1) is 18.2. The molecule has 1 aliphatic heterocycles. The van der Waals surface area contributed by atoms with Crippen LogP contribution in [-0.2, 0) is 14.4 Å². The SMILES string of the molecule is CCOCCN1OCC(NC(=O)c2cc(Cl)cc(Br)c2NC(=O)c2cc(Br)nn2-c2ncccc2Cl)C1=O. The molecule has 38 heavy (non-hydrogen) atoms. The molecule has 200 valence electrons. The van der Waals surface area contributed by atoms with Crippen LogP contribution in [-0.4, -0.2) is 70.0 Å². The van der Waals surface area contributed by atoms with Gasteiger partial charge in [-0.1, -0.05) is 23.2 Å². The van der Waals surface area contributed by atoms with Crippen molar-refractivity contribution < 1.29 is 24.0 Å². The van der Waals surface area contributed by atoms with E-state index in [1.54, 1.807) is 12.1 Å². The lowest BCUT2D eigenvalue weighted by molar-refractivity contribution is -0.164. The molecule has 2 N–H and O–H groups in total. The van der Waals surface area contributed by atoms with Gasteiger partial charge in [0.05, 0.1) is 29.4 Å². The monoisotopic (exact) mass is 688 g/mol. The van der Waals surface area contributed by atoms with Crippen LogP contribution in [0.25, 0.3) is 5.82 Å². The van der Waals surface area contributed by atoms with Gasteiger partial charge < -0.3 is 15.4 Å². The number of anilines is 1. The minimum absolute atomic E-state index is 0.0271. The zero-order chi connectivity index (χ0) is 27.4. The summed E-state index contributed by atoms with van der Waals surface area (Å²) in [4.78, 5) is 48.8. The fourth-order valence-corrected chi connectivity index (χ4v) is 5.03. The van der Waals surface area contributed by atoms with E-state index in [0.717, 1.165) is 5.06 Å². The number of benzene rings is 1. The summed E-state index contributed by atoms with van der Waals surface area (Å²) in [6, 6.07) is 6.73. The second-order valence-electron chi connectivity index (χ2n) is 7.80. The Morgan fingerprint density at radius 3 is 2.76 bits per heavy atom. The molecule has 3 aromatic rings. The van der Waals surface area contributed by atoms with Gasteiger partial charge in [-0.3, -0.25) is 19.2 Å². The first-order valence-electron chi connectivity index (χ1n) is 11.2. The zero-order valence-electron chi connectivity index (χ0n) is 19.7. The lowest BCUT2D eigenvalue weighted by atomic mass is 10.1. The van der Waals surface area contributed by atoms with E-state index >= 15 is 0 Å². The molecule has 4 rings (SSSR count). The van der Waals surface area contributed by atoms with E-state index in [2.05, 4.69) is 52.6 Å². The third-order valence-corrected chi connectivity index (χ3v) is 6.81. The van der Waals surface area contributed by atoms with Crippen LogP contribution in [0.5, 0.6) is 0 Å². The predicted molar refractivity (Wildman–Crippen MR) is 147 cm³/mol. The molecule has 0 bridgehead atoms. The Kier molecular flexibility index (Phi) is 9.39. The summed E-state index contributed by atoms with van der Waals surface area (Å²) < 4.78 is 7.23. The van der Waals surface area contributed by atoms with Crippen LogP contribution >= 0.6 is 55.1 Å². The predicted octanol–water partition coefficient (Wildman–Crippen LogP) is 4.26. The molecular formula is C23H20Br2Cl2N6O5. The van der Waals surface area contributed by atoms with Crippen LogP contribution in [0.3, 0.4) is 0 Å². The van der Waals surface area contributed by atoms with Crippen molar-refractivity contribution in [1.82, 2.24) is 25.1 Å². The molecule has 11 nitrogen and oxygen atoms in total. The number of aromatic nitrogens is 3. The third kappa shape index (κ3) is 6.35. The first-order valence-corrected chi connectivity index (χ1v) is 13.5. The highest BCUT2D eigenvalue weighted by molar-refractivity contribution is 9.10. The summed E-state index contributed by atoms with van der Waals surface area (Å²) in [5, 5.41) is 11.3. The van der Waals surface area contributed by atoms with Crippen LogP contribution in [0.4, 0.5) is 5.69 Å². The lowest BCUT2D eigenvalue weighted by Gasteiger charge is -2.17. The second kappa shape index (κ2) is 12.5. The number of hydrogen-bond donors (Lipinski definition) is 2. The highest BCUT2D eigenvalue weighted by Gasteiger charge is 2.35. The number of halogens is 4. The normalized spacial score (nSPS) is 15.1. The van der Waals surface area contributed by atoms with Crippen molar-refractivity contribution in [1.29, 1.82) is 0 Å². The molecule has 0 spiro atoms. The Bertz CT molecular complexity index is 1390. The van der Waals surface area contributed by atoms with E-state index in [1.165, 1.54) is 29.1 Å². The topological polar surface area (TPSA) is 128 Å². The van der Waals surface area contributed by atoms with Crippen LogP contribution in [0.1, 0.15) is 27.8 Å². The number of pyridine rings is 1. The fraction of sp³-hybridized carbons (Fsp3) is 0.261. The number of carbonyl (C=O) groups is 3. The number of amides is 3. The Morgan fingerprint density at radius 2 is 2.03 bits per heavy atom. The van der Waals surface area contributed by atoms with Gasteiger partial charge in [-0.15, -0.1) is 0 Å². The average Bonchev–Trinajstić information content (AvgIpc) is 3.43. The summed E-state index contributed by atoms with van der Waals surface area (Å²) >= 11 is 19.1. The number of carbonyl (C=O) groups excluding carboxylic acids is 3. The quantitative estimate of drug-likeness (QED) is 0.321. The fourth-order valence-electron chi connectivity index (χ4n) is 3.55. The van der Waals surface area contributed by atoms with Crippen molar-refractivity contribution in [2.45, 2.75) is 13.0 Å². The Hall–Kier alpha value is -2.55. The van der Waals surface area contributed by atoms with Crippen molar-refractivity contribution in [2.24, 2.45) is 0 Å². The lowest BCUT2D eigenvalue weighted by Crippen LogP contribution is -2.43. The van der Waals surface area contributed by atoms with E-state index in [1.807, 2.05) is 6.92 Å². The van der Waals surface area contributed by atoms with Crippen molar-refractivity contribution >= 4 is 78.5 Å². The highest BCUT2D eigenvalue weighted by Crippen LogP contribution is 2.32. The molecule has 1 atom stereocenters. The van der Waals surface area contributed by atoms with Gasteiger partial charge in [0.15, 0.2) is 5.82 Å². The van der Waals surface area contributed by atoms with E-state index < -0.39 is 23.8 Å². The van der Waals surface area contributed by atoms with Gasteiger partial charge in [0.2, 0.25) is 0 Å². The molecule has 1 fully saturated rings. The van der Waals surface area contributed by atoms with Gasteiger partial charge in [-0.25, -0.2) is 14.7 Å². The van der Waals surface area contributed by atoms with Gasteiger partial charge in [-0.05, 0) is 63.0 Å². The highest BCUT2D eigenvalue weighted by atomic mass is 79.9. The Balaban J connectivity index is 1.57. The third-order valence-electron chi connectivity index (χ3n) is 5.28. The molecule has 3 amide bonds. The van der Waals surface area contributed by atoms with Gasteiger partial charge in [0.25, 0.3) is 17.7 Å². The molecule has 3 heterocycles. The van der Waals surface area contributed by atoms with Gasteiger partial charge in [-0.2, -0.15) is 5.10 Å². The molecule has 0 radical (unpaired) electrons. The first kappa shape index (κ1) is 28.5. The molecule has 0 saturated carbocycles. The largest absolute Gasteiger partial charge is 0.380 e. The zero-order valence-corrected chi connectivity index (χ0v) is 24.4. The minimum Gasteiger partial charge on any atom is -0.380 e. The number of hydrogen-bond acceptors (Lipinski definition) is 7. The maximum Gasteiger partial charge on any atom is 0.274 e. The summed E-state index contributed by atoms with van der Waals surface area (Å²) in [7, 11) is 0. The molecule has 2 aromatic heterocycles. The molecule has 1 aliphatic rings. The number of ether oxygens (including phenoxy) is 1. The summed E-state index contributed by atoms with van der Waals surface area (Å²) in [5.74, 6) is -1.42. The van der Waals surface area contributed by atoms with E-state index in [0.29, 0.717) is 22.3 Å². The Labute approximate surface area is 244 Å². The van der Waals surface area contributed by atoms with Crippen molar-refractivity contribution in [3.63, 3.8) is 0 Å². The standard InChI is InChI=1S/C23H20Br2Cl2N6O5/c1-2-37-7-6-32-23(36)16(11-38-32)29-21(34)13-8-12(26)9-14(24)19(13)30-22(35)17-10-18(25)31-33(17)20-15(27)4-3-5-28-20/h3-5,8-10,16H,2,6-7,11H2,1H3,(H,29,34)(H,30,35). The Morgan fingerprint density at radius 1 is 1.24 bits per heavy atom. The summed E-state index contributed by atoms with van der Waals surface area (Å²) in [6.07, 6.45) is 1.52. The number of nitrogens with zero attached hydrogens (tertiary/aromatic N) is 4. The maximum absolute atomic E-state index is 13.4. The van der Waals surface area contributed by atoms with E-state index in [4.69, 9.17) is 32.8 Å². The molecular weight excluding hydrogens is 671 g/mol. The van der Waals surface area contributed by atoms with Gasteiger partial charge >= 0.3 is 0 Å². The van der Waals surface area contributed by atoms with Crippen LogP contribution in [0, 0.1) is 0 Å². The molecule has 1 unspecified atom stereocenters. The number of rotatable bonds is 9. The van der Waals surface area contributed by atoms with Gasteiger partial charge in [0, 0.05) is 28.4 Å². The average molecular weight is 691 g/mol. The van der Waals surface area contributed by atoms with Gasteiger partial charge in [0.1, 0.15) is 22.9 Å². The maximum atomic E-state index is 13.4. The summed E-state index contributed by atoms with van der Waals surface area (Å²) in [6.45, 7) is 2.84. The summed E-state index contributed by atoms with van der Waals surface area (Å²) in [5.41, 5.74) is 0.252. The van der Waals surface area contributed by atoms with E-state index in [9.17, 15) is 14.4 Å². The molecule has 1 saturated heterocycles. The number of nitrogens with one attached hydrogen (secondary N) is 2. The molecule has 0 aliphatic carbocycles. The number of hydroxylamine groups is 2. The molecule has 1 aromatic carbocycles. The van der Waals surface area contributed by atoms with Crippen LogP contribution < -0.4 is 10.6 Å². The van der Waals surface area contributed by atoms with Crippen molar-refractivity contribution in [2.75, 3.05) is 31.7 Å².